The molecule has 0 atom stereocenters. The van der Waals surface area contributed by atoms with Gasteiger partial charge in [0.1, 0.15) is 0 Å². The van der Waals surface area contributed by atoms with Crippen LogP contribution < -0.4 is 0 Å². The van der Waals surface area contributed by atoms with Crippen molar-refractivity contribution in [3.63, 3.8) is 0 Å². The van der Waals surface area contributed by atoms with E-state index in [1.807, 2.05) is 54.6 Å². The van der Waals surface area contributed by atoms with E-state index in [4.69, 9.17) is 5.41 Å². The van der Waals surface area contributed by atoms with Crippen molar-refractivity contribution in [2.24, 2.45) is 0 Å². The van der Waals surface area contributed by atoms with Crippen LogP contribution in [-0.2, 0) is 0 Å². The van der Waals surface area contributed by atoms with Crippen LogP contribution in [0.1, 0.15) is 21.5 Å². The Bertz CT molecular complexity index is 958. The van der Waals surface area contributed by atoms with Gasteiger partial charge in [0.15, 0.2) is 5.78 Å². The largest absolute Gasteiger partial charge is 0.308 e. The summed E-state index contributed by atoms with van der Waals surface area (Å²) in [6, 6.07) is 25.3. The lowest BCUT2D eigenvalue weighted by atomic mass is 9.89. The molecule has 0 radical (unpaired) electrons. The lowest BCUT2D eigenvalue weighted by Crippen LogP contribution is -2.11. The maximum absolute atomic E-state index is 13.1. The minimum Gasteiger partial charge on any atom is -0.308 e. The van der Waals surface area contributed by atoms with Gasteiger partial charge >= 0.3 is 0 Å². The van der Waals surface area contributed by atoms with Gasteiger partial charge < -0.3 is 5.41 Å². The zero-order chi connectivity index (χ0) is 17.2. The van der Waals surface area contributed by atoms with Crippen LogP contribution in [0.2, 0.25) is 0 Å². The smallest absolute Gasteiger partial charge is 0.195 e. The van der Waals surface area contributed by atoms with E-state index in [2.05, 4.69) is 12.1 Å². The van der Waals surface area contributed by atoms with E-state index in [1.54, 1.807) is 23.9 Å². The summed E-state index contributed by atoms with van der Waals surface area (Å²) in [7, 11) is 0. The highest BCUT2D eigenvalue weighted by Gasteiger charge is 2.25. The summed E-state index contributed by atoms with van der Waals surface area (Å²) in [6.45, 7) is 0. The van der Waals surface area contributed by atoms with Crippen LogP contribution in [-0.4, -0.2) is 12.0 Å². The summed E-state index contributed by atoms with van der Waals surface area (Å²) >= 11 is 1.70. The van der Waals surface area contributed by atoms with Gasteiger partial charge in [-0.2, -0.15) is 0 Å². The number of benzene rings is 3. The predicted octanol–water partition coefficient (Wildman–Crippen LogP) is 5.49. The third-order valence-electron chi connectivity index (χ3n) is 4.23. The maximum atomic E-state index is 13.1. The van der Waals surface area contributed by atoms with E-state index in [1.165, 1.54) is 6.21 Å². The Balaban J connectivity index is 2.00. The average molecular weight is 341 g/mol. The Morgan fingerprint density at radius 2 is 1.28 bits per heavy atom. The van der Waals surface area contributed by atoms with E-state index in [0.717, 1.165) is 26.5 Å². The molecular formula is C22H15NOS. The highest BCUT2D eigenvalue weighted by atomic mass is 32.2. The van der Waals surface area contributed by atoms with Crippen molar-refractivity contribution in [2.45, 2.75) is 9.79 Å². The highest BCUT2D eigenvalue weighted by Crippen LogP contribution is 2.46. The van der Waals surface area contributed by atoms with Crippen LogP contribution in [0.15, 0.2) is 94.2 Å². The topological polar surface area (TPSA) is 40.9 Å². The van der Waals surface area contributed by atoms with Crippen molar-refractivity contribution in [1.82, 2.24) is 0 Å². The number of nitrogens with one attached hydrogen (secondary N) is 1. The van der Waals surface area contributed by atoms with Crippen molar-refractivity contribution in [2.75, 3.05) is 0 Å². The van der Waals surface area contributed by atoms with Crippen LogP contribution in [0.3, 0.4) is 0 Å². The van der Waals surface area contributed by atoms with Crippen molar-refractivity contribution in [3.8, 4) is 0 Å². The fourth-order valence-electron chi connectivity index (χ4n) is 3.07. The highest BCUT2D eigenvalue weighted by molar-refractivity contribution is 7.99. The van der Waals surface area contributed by atoms with Crippen molar-refractivity contribution >= 4 is 29.3 Å². The van der Waals surface area contributed by atoms with Gasteiger partial charge in [-0.05, 0) is 23.3 Å². The van der Waals surface area contributed by atoms with Gasteiger partial charge in [0.25, 0.3) is 0 Å². The fraction of sp³-hybridized carbons (Fsp3) is 0. The number of rotatable bonds is 3. The number of Topliss-reactive ketones (excluding diaryl/α,β-unsaturated/α-hetero) is 1. The molecule has 120 valence electrons. The summed E-state index contributed by atoms with van der Waals surface area (Å²) in [6.07, 6.45) is 1.19. The Hall–Kier alpha value is -2.91. The standard InChI is InChI=1S/C22H15NOS/c23-14-18(22(24)15-8-2-1-3-9-15)21-16-10-4-6-12-19(16)25-20-13-7-5-11-17(20)21/h1-14,23H. The first-order valence-corrected chi connectivity index (χ1v) is 8.82. The first kappa shape index (κ1) is 15.6. The normalized spacial score (nSPS) is 12.1. The van der Waals surface area contributed by atoms with E-state index in [-0.39, 0.29) is 5.78 Å². The SMILES string of the molecule is N=CC(C(=O)c1ccccc1)=C1c2ccccc2Sc2ccccc21. The Morgan fingerprint density at radius 1 is 0.760 bits per heavy atom. The van der Waals surface area contributed by atoms with Crippen LogP contribution in [0.5, 0.6) is 0 Å². The molecule has 3 aromatic carbocycles. The lowest BCUT2D eigenvalue weighted by molar-refractivity contribution is 0.104. The molecule has 1 heterocycles. The van der Waals surface area contributed by atoms with E-state index in [0.29, 0.717) is 11.1 Å². The molecule has 2 nitrogen and oxygen atoms in total. The molecule has 0 unspecified atom stereocenters. The minimum absolute atomic E-state index is 0.123. The molecule has 0 aromatic heterocycles. The number of allylic oxidation sites excluding steroid dienone is 1. The second-order valence-corrected chi connectivity index (χ2v) is 6.81. The zero-order valence-corrected chi connectivity index (χ0v) is 14.2. The molecule has 0 bridgehead atoms. The molecule has 0 aliphatic carbocycles. The van der Waals surface area contributed by atoms with Gasteiger partial charge in [0, 0.05) is 32.7 Å². The van der Waals surface area contributed by atoms with Crippen LogP contribution >= 0.6 is 11.8 Å². The second-order valence-electron chi connectivity index (χ2n) is 5.72. The van der Waals surface area contributed by atoms with Gasteiger partial charge in [0.05, 0.1) is 0 Å². The monoisotopic (exact) mass is 341 g/mol. The molecule has 3 aromatic rings. The van der Waals surface area contributed by atoms with E-state index < -0.39 is 0 Å². The van der Waals surface area contributed by atoms with Gasteiger partial charge in [-0.1, -0.05) is 78.5 Å². The number of fused-ring (bicyclic) bond motifs is 2. The molecule has 0 saturated carbocycles. The predicted molar refractivity (Wildman–Crippen MR) is 103 cm³/mol. The summed E-state index contributed by atoms with van der Waals surface area (Å²) in [5.41, 5.74) is 3.88. The van der Waals surface area contributed by atoms with E-state index in [9.17, 15) is 4.79 Å². The summed E-state index contributed by atoms with van der Waals surface area (Å²) in [5.74, 6) is -0.123. The molecule has 1 N–H and O–H groups in total. The molecule has 0 amide bonds. The van der Waals surface area contributed by atoms with Crippen LogP contribution in [0.25, 0.3) is 5.57 Å². The Kier molecular flexibility index (Phi) is 4.08. The molecule has 1 aliphatic heterocycles. The van der Waals surface area contributed by atoms with Gasteiger partial charge in [0.2, 0.25) is 0 Å². The summed E-state index contributed by atoms with van der Waals surface area (Å²) in [4.78, 5) is 15.3. The second kappa shape index (κ2) is 6.54. The third kappa shape index (κ3) is 2.73. The lowest BCUT2D eigenvalue weighted by Gasteiger charge is -2.23. The van der Waals surface area contributed by atoms with Crippen molar-refractivity contribution in [1.29, 1.82) is 5.41 Å². The molecule has 0 saturated heterocycles. The number of hydrogen-bond donors (Lipinski definition) is 1. The number of carbonyl (C=O) groups excluding carboxylic acids is 1. The number of carbonyl (C=O) groups is 1. The summed E-state index contributed by atoms with van der Waals surface area (Å²) < 4.78 is 0. The van der Waals surface area contributed by atoms with E-state index >= 15 is 0 Å². The molecule has 0 spiro atoms. The molecule has 4 rings (SSSR count). The Morgan fingerprint density at radius 3 is 1.84 bits per heavy atom. The minimum atomic E-state index is -0.123. The van der Waals surface area contributed by atoms with Gasteiger partial charge in [-0.15, -0.1) is 0 Å². The van der Waals surface area contributed by atoms with Gasteiger partial charge in [-0.3, -0.25) is 4.79 Å². The van der Waals surface area contributed by atoms with Crippen molar-refractivity contribution in [3.05, 3.63) is 101 Å². The molecule has 1 aliphatic rings. The first-order chi connectivity index (χ1) is 12.3. The van der Waals surface area contributed by atoms with Gasteiger partial charge in [-0.25, -0.2) is 0 Å². The van der Waals surface area contributed by atoms with Crippen LogP contribution in [0.4, 0.5) is 0 Å². The first-order valence-electron chi connectivity index (χ1n) is 8.01. The molecule has 0 fully saturated rings. The fourth-order valence-corrected chi connectivity index (χ4v) is 4.16. The molecule has 3 heteroatoms. The Labute approximate surface area is 150 Å². The average Bonchev–Trinajstić information content (AvgIpc) is 2.68. The summed E-state index contributed by atoms with van der Waals surface area (Å²) in [5, 5.41) is 7.95. The van der Waals surface area contributed by atoms with Crippen LogP contribution in [0, 0.1) is 5.41 Å². The zero-order valence-electron chi connectivity index (χ0n) is 13.4. The maximum Gasteiger partial charge on any atom is 0.195 e. The number of ketones is 1. The van der Waals surface area contributed by atoms with Crippen molar-refractivity contribution < 1.29 is 4.79 Å². The molecular weight excluding hydrogens is 326 g/mol. The third-order valence-corrected chi connectivity index (χ3v) is 5.38. The molecule has 25 heavy (non-hydrogen) atoms. The quantitative estimate of drug-likeness (QED) is 0.304. The number of hydrogen-bond acceptors (Lipinski definition) is 3.